The molecular weight excluding hydrogens is 444 g/mol. The normalized spacial score (nSPS) is 15.3. The summed E-state index contributed by atoms with van der Waals surface area (Å²) in [5.41, 5.74) is 1.90. The first-order chi connectivity index (χ1) is 16.4. The van der Waals surface area contributed by atoms with Crippen molar-refractivity contribution < 1.29 is 28.2 Å². The lowest BCUT2D eigenvalue weighted by molar-refractivity contribution is -0.0589. The Bertz CT molecular complexity index is 1400. The summed E-state index contributed by atoms with van der Waals surface area (Å²) in [6.45, 7) is 1.15. The molecule has 5 rings (SSSR count). The third kappa shape index (κ3) is 4.10. The number of carbonyl (C=O) groups excluding carboxylic acids is 1. The number of hydrogen-bond acceptors (Lipinski definition) is 6. The largest absolute Gasteiger partial charge is 0.493 e. The Kier molecular flexibility index (Phi) is 5.70. The Balaban J connectivity index is 1.54. The number of imidazole rings is 1. The summed E-state index contributed by atoms with van der Waals surface area (Å²) in [6.07, 6.45) is 0.898. The molecular formula is C25H21F2N3O4. The van der Waals surface area contributed by atoms with Gasteiger partial charge in [-0.1, -0.05) is 6.07 Å². The highest BCUT2D eigenvalue weighted by Gasteiger charge is 2.23. The summed E-state index contributed by atoms with van der Waals surface area (Å²) in [5.74, 6) is -1.50. The van der Waals surface area contributed by atoms with Crippen LogP contribution in [-0.2, 0) is 22.4 Å². The molecule has 1 fully saturated rings. The Hall–Kier alpha value is -3.85. The molecule has 0 bridgehead atoms. The predicted octanol–water partition coefficient (Wildman–Crippen LogP) is 4.25. The van der Waals surface area contributed by atoms with E-state index in [0.29, 0.717) is 35.6 Å². The highest BCUT2D eigenvalue weighted by molar-refractivity contribution is 5.93. The number of halogens is 2. The molecule has 1 N–H and O–H groups in total. The van der Waals surface area contributed by atoms with Gasteiger partial charge >= 0.3 is 5.97 Å². The van der Waals surface area contributed by atoms with Gasteiger partial charge in [0.15, 0.2) is 0 Å². The third-order valence-corrected chi connectivity index (χ3v) is 5.92. The summed E-state index contributed by atoms with van der Waals surface area (Å²) < 4.78 is 42.3. The van der Waals surface area contributed by atoms with Gasteiger partial charge < -0.3 is 19.1 Å². The number of benzene rings is 2. The first kappa shape index (κ1) is 22.0. The zero-order chi connectivity index (χ0) is 23.8. The fourth-order valence-corrected chi connectivity index (χ4v) is 4.05. The van der Waals surface area contributed by atoms with E-state index in [-0.39, 0.29) is 35.2 Å². The summed E-state index contributed by atoms with van der Waals surface area (Å²) in [7, 11) is 1.31. The van der Waals surface area contributed by atoms with Gasteiger partial charge in [-0.05, 0) is 48.4 Å². The summed E-state index contributed by atoms with van der Waals surface area (Å²) >= 11 is 0. The van der Waals surface area contributed by atoms with Crippen molar-refractivity contribution in [2.75, 3.05) is 13.7 Å². The first-order valence-corrected chi connectivity index (χ1v) is 10.8. The fourth-order valence-electron chi connectivity index (χ4n) is 4.05. The van der Waals surface area contributed by atoms with Crippen LogP contribution in [0.3, 0.4) is 0 Å². The molecule has 0 saturated carbocycles. The monoisotopic (exact) mass is 465 g/mol. The van der Waals surface area contributed by atoms with Crippen LogP contribution in [0.5, 0.6) is 5.88 Å². The molecule has 34 heavy (non-hydrogen) atoms. The number of fused-ring (bicyclic) bond motifs is 1. The second-order valence-corrected chi connectivity index (χ2v) is 8.10. The number of methoxy groups -OCH3 is 1. The van der Waals surface area contributed by atoms with Crippen LogP contribution >= 0.6 is 0 Å². The van der Waals surface area contributed by atoms with E-state index in [1.807, 2.05) is 4.57 Å². The van der Waals surface area contributed by atoms with Gasteiger partial charge in [0, 0.05) is 24.7 Å². The van der Waals surface area contributed by atoms with Crippen LogP contribution in [0.15, 0.2) is 48.5 Å². The molecule has 2 aromatic heterocycles. The molecule has 2 aromatic carbocycles. The van der Waals surface area contributed by atoms with Crippen molar-refractivity contribution >= 4 is 17.0 Å². The van der Waals surface area contributed by atoms with Gasteiger partial charge in [-0.15, -0.1) is 0 Å². The molecule has 1 aliphatic heterocycles. The standard InChI is InChI=1S/C25H21F2N3O4/c1-33-25(32)14-5-6-21-22(10-14)30(13-16-7-8-34-16)23(28-21)11-15-9-19(27)17(12-18(15)26)20-3-2-4-24(31)29-20/h2-6,9-10,12,16H,7-8,11,13H2,1H3,(H,29,31). The number of aromatic nitrogens is 3. The van der Waals surface area contributed by atoms with E-state index in [9.17, 15) is 14.3 Å². The van der Waals surface area contributed by atoms with Gasteiger partial charge in [-0.25, -0.2) is 23.5 Å². The number of carbonyl (C=O) groups is 1. The fraction of sp³-hybridized carbons (Fsp3) is 0.240. The van der Waals surface area contributed by atoms with Crippen LogP contribution in [0.4, 0.5) is 8.78 Å². The number of rotatable bonds is 6. The van der Waals surface area contributed by atoms with E-state index in [4.69, 9.17) is 9.47 Å². The number of ether oxygens (including phenoxy) is 2. The zero-order valence-corrected chi connectivity index (χ0v) is 18.3. The maximum Gasteiger partial charge on any atom is 0.337 e. The lowest BCUT2D eigenvalue weighted by Crippen LogP contribution is -2.31. The molecule has 1 unspecified atom stereocenters. The quantitative estimate of drug-likeness (QED) is 0.429. The maximum atomic E-state index is 15.1. The molecule has 1 atom stereocenters. The summed E-state index contributed by atoms with van der Waals surface area (Å²) in [6, 6.07) is 11.6. The van der Waals surface area contributed by atoms with Crippen molar-refractivity contribution in [3.8, 4) is 17.1 Å². The van der Waals surface area contributed by atoms with Crippen molar-refractivity contribution in [1.29, 1.82) is 0 Å². The number of esters is 1. The molecule has 7 nitrogen and oxygen atoms in total. The SMILES string of the molecule is COC(=O)c1ccc2nc(Cc3cc(F)c(-c4cccc(O)n4)cc3F)n(CC3CCO3)c2c1. The molecule has 4 aromatic rings. The van der Waals surface area contributed by atoms with E-state index in [2.05, 4.69) is 9.97 Å². The molecule has 9 heteroatoms. The van der Waals surface area contributed by atoms with Crippen LogP contribution < -0.4 is 0 Å². The minimum absolute atomic E-state index is 0.0151. The van der Waals surface area contributed by atoms with Crippen LogP contribution in [0.2, 0.25) is 0 Å². The predicted molar refractivity (Wildman–Crippen MR) is 119 cm³/mol. The Morgan fingerprint density at radius 3 is 2.71 bits per heavy atom. The van der Waals surface area contributed by atoms with Crippen LogP contribution in [-0.4, -0.2) is 45.4 Å². The lowest BCUT2D eigenvalue weighted by atomic mass is 10.0. The average molecular weight is 465 g/mol. The smallest absolute Gasteiger partial charge is 0.337 e. The van der Waals surface area contributed by atoms with Gasteiger partial charge in [-0.3, -0.25) is 0 Å². The van der Waals surface area contributed by atoms with Crippen molar-refractivity contribution in [2.24, 2.45) is 0 Å². The number of hydrogen-bond donors (Lipinski definition) is 1. The molecule has 174 valence electrons. The van der Waals surface area contributed by atoms with E-state index < -0.39 is 17.6 Å². The average Bonchev–Trinajstić information content (AvgIpc) is 3.13. The van der Waals surface area contributed by atoms with Crippen molar-refractivity contribution in [1.82, 2.24) is 14.5 Å². The van der Waals surface area contributed by atoms with Crippen molar-refractivity contribution in [3.63, 3.8) is 0 Å². The van der Waals surface area contributed by atoms with Gasteiger partial charge in [0.2, 0.25) is 5.88 Å². The molecule has 3 heterocycles. The second-order valence-electron chi connectivity index (χ2n) is 8.10. The second kappa shape index (κ2) is 8.83. The minimum Gasteiger partial charge on any atom is -0.493 e. The molecule has 0 aliphatic carbocycles. The van der Waals surface area contributed by atoms with E-state index in [0.717, 1.165) is 18.6 Å². The Labute approximate surface area is 193 Å². The van der Waals surface area contributed by atoms with Crippen LogP contribution in [0.25, 0.3) is 22.3 Å². The molecule has 0 spiro atoms. The maximum absolute atomic E-state index is 15.1. The molecule has 1 aliphatic rings. The first-order valence-electron chi connectivity index (χ1n) is 10.8. The topological polar surface area (TPSA) is 86.5 Å². The van der Waals surface area contributed by atoms with Gasteiger partial charge in [0.05, 0.1) is 42.0 Å². The number of nitrogens with zero attached hydrogens (tertiary/aromatic N) is 3. The highest BCUT2D eigenvalue weighted by atomic mass is 19.1. The lowest BCUT2D eigenvalue weighted by Gasteiger charge is -2.27. The highest BCUT2D eigenvalue weighted by Crippen LogP contribution is 2.28. The van der Waals surface area contributed by atoms with Crippen LogP contribution in [0, 0.1) is 11.6 Å². The van der Waals surface area contributed by atoms with Gasteiger partial charge in [0.1, 0.15) is 17.5 Å². The summed E-state index contributed by atoms with van der Waals surface area (Å²) in [5, 5.41) is 9.57. The van der Waals surface area contributed by atoms with E-state index in [1.165, 1.54) is 25.3 Å². The van der Waals surface area contributed by atoms with E-state index in [1.54, 1.807) is 18.2 Å². The summed E-state index contributed by atoms with van der Waals surface area (Å²) in [4.78, 5) is 20.5. The number of pyridine rings is 1. The number of aromatic hydroxyl groups is 1. The molecule has 0 radical (unpaired) electrons. The minimum atomic E-state index is -0.660. The Morgan fingerprint density at radius 1 is 1.18 bits per heavy atom. The van der Waals surface area contributed by atoms with Gasteiger partial charge in [-0.2, -0.15) is 0 Å². The van der Waals surface area contributed by atoms with Crippen molar-refractivity contribution in [3.05, 3.63) is 77.1 Å². The van der Waals surface area contributed by atoms with Crippen molar-refractivity contribution in [2.45, 2.75) is 25.5 Å². The molecule has 1 saturated heterocycles. The van der Waals surface area contributed by atoms with Crippen LogP contribution in [0.1, 0.15) is 28.2 Å². The Morgan fingerprint density at radius 2 is 2.00 bits per heavy atom. The van der Waals surface area contributed by atoms with E-state index >= 15 is 4.39 Å². The van der Waals surface area contributed by atoms with Gasteiger partial charge in [0.25, 0.3) is 0 Å². The third-order valence-electron chi connectivity index (χ3n) is 5.92. The zero-order valence-electron chi connectivity index (χ0n) is 18.3. The molecule has 0 amide bonds.